The molecule has 0 radical (unpaired) electrons. The monoisotopic (exact) mass is 339 g/mol. The van der Waals surface area contributed by atoms with Crippen molar-refractivity contribution in [1.82, 2.24) is 5.32 Å². The van der Waals surface area contributed by atoms with Gasteiger partial charge >= 0.3 is 0 Å². The summed E-state index contributed by atoms with van der Waals surface area (Å²) in [5, 5.41) is 3.45. The maximum atomic E-state index is 13.8. The SMILES string of the molecule is CCCNC(c1cc(C)c(F)c(C)c1)c1ccc(Br)o1. The summed E-state index contributed by atoms with van der Waals surface area (Å²) in [7, 11) is 0. The van der Waals surface area contributed by atoms with Crippen LogP contribution in [0.3, 0.4) is 0 Å². The van der Waals surface area contributed by atoms with Crippen LogP contribution in [0.1, 0.15) is 41.8 Å². The lowest BCUT2D eigenvalue weighted by Crippen LogP contribution is -2.23. The van der Waals surface area contributed by atoms with Crippen molar-refractivity contribution >= 4 is 15.9 Å². The molecule has 2 aromatic rings. The lowest BCUT2D eigenvalue weighted by Gasteiger charge is -2.18. The van der Waals surface area contributed by atoms with E-state index in [9.17, 15) is 4.39 Å². The summed E-state index contributed by atoms with van der Waals surface area (Å²) in [6.45, 7) is 6.57. The van der Waals surface area contributed by atoms with E-state index in [4.69, 9.17) is 4.42 Å². The number of nitrogens with one attached hydrogen (secondary N) is 1. The Morgan fingerprint density at radius 3 is 2.40 bits per heavy atom. The van der Waals surface area contributed by atoms with E-state index in [0.717, 1.165) is 24.3 Å². The van der Waals surface area contributed by atoms with E-state index in [2.05, 4.69) is 28.2 Å². The lowest BCUT2D eigenvalue weighted by atomic mass is 9.99. The standard InChI is InChI=1S/C16H19BrFNO/c1-4-7-19-16(13-5-6-14(17)20-13)12-8-10(2)15(18)11(3)9-12/h5-6,8-9,16,19H,4,7H2,1-3H3. The second-order valence-corrected chi connectivity index (χ2v) is 5.78. The van der Waals surface area contributed by atoms with E-state index >= 15 is 0 Å². The third-order valence-electron chi connectivity index (χ3n) is 3.27. The summed E-state index contributed by atoms with van der Waals surface area (Å²) in [5.74, 6) is 0.694. The third kappa shape index (κ3) is 3.30. The number of halogens is 2. The number of benzene rings is 1. The van der Waals surface area contributed by atoms with Gasteiger partial charge in [-0.1, -0.05) is 19.1 Å². The zero-order chi connectivity index (χ0) is 14.7. The van der Waals surface area contributed by atoms with Crippen LogP contribution in [0.5, 0.6) is 0 Å². The van der Waals surface area contributed by atoms with Gasteiger partial charge < -0.3 is 9.73 Å². The molecular weight excluding hydrogens is 321 g/mol. The van der Waals surface area contributed by atoms with Crippen LogP contribution in [0.15, 0.2) is 33.4 Å². The molecule has 4 heteroatoms. The zero-order valence-corrected chi connectivity index (χ0v) is 13.6. The average molecular weight is 340 g/mol. The van der Waals surface area contributed by atoms with Gasteiger partial charge in [0.15, 0.2) is 4.67 Å². The lowest BCUT2D eigenvalue weighted by molar-refractivity contribution is 0.432. The fraction of sp³-hybridized carbons (Fsp3) is 0.375. The van der Waals surface area contributed by atoms with Crippen molar-refractivity contribution in [2.24, 2.45) is 0 Å². The Morgan fingerprint density at radius 2 is 1.90 bits per heavy atom. The van der Waals surface area contributed by atoms with Crippen molar-refractivity contribution in [1.29, 1.82) is 0 Å². The molecule has 2 nitrogen and oxygen atoms in total. The Kier molecular flexibility index (Phi) is 5.00. The first-order valence-corrected chi connectivity index (χ1v) is 7.57. The van der Waals surface area contributed by atoms with Gasteiger partial charge in [-0.25, -0.2) is 4.39 Å². The minimum atomic E-state index is -0.136. The van der Waals surface area contributed by atoms with Crippen LogP contribution in [0.2, 0.25) is 0 Å². The van der Waals surface area contributed by atoms with Gasteiger partial charge in [-0.05, 0) is 71.6 Å². The largest absolute Gasteiger partial charge is 0.452 e. The van der Waals surface area contributed by atoms with Crippen LogP contribution in [0.25, 0.3) is 0 Å². The molecule has 1 heterocycles. The normalized spacial score (nSPS) is 12.7. The Labute approximate surface area is 127 Å². The van der Waals surface area contributed by atoms with Crippen LogP contribution in [-0.2, 0) is 0 Å². The first kappa shape index (κ1) is 15.3. The molecule has 0 amide bonds. The van der Waals surface area contributed by atoms with Gasteiger partial charge in [0, 0.05) is 0 Å². The molecule has 0 fully saturated rings. The summed E-state index contributed by atoms with van der Waals surface area (Å²) < 4.78 is 20.1. The molecule has 0 aliphatic heterocycles. The molecule has 1 aromatic heterocycles. The summed E-state index contributed by atoms with van der Waals surface area (Å²) in [4.78, 5) is 0. The summed E-state index contributed by atoms with van der Waals surface area (Å²) in [6, 6.07) is 7.52. The van der Waals surface area contributed by atoms with Gasteiger partial charge in [0.1, 0.15) is 11.6 Å². The molecule has 0 aliphatic carbocycles. The Bertz CT molecular complexity index is 571. The van der Waals surface area contributed by atoms with Crippen LogP contribution >= 0.6 is 15.9 Å². The number of rotatable bonds is 5. The van der Waals surface area contributed by atoms with Crippen molar-refractivity contribution in [2.45, 2.75) is 33.2 Å². The summed E-state index contributed by atoms with van der Waals surface area (Å²) >= 11 is 3.33. The minimum Gasteiger partial charge on any atom is -0.452 e. The molecule has 0 saturated carbocycles. The number of hydrogen-bond acceptors (Lipinski definition) is 2. The first-order valence-electron chi connectivity index (χ1n) is 6.78. The molecule has 108 valence electrons. The summed E-state index contributed by atoms with van der Waals surface area (Å²) in [6.07, 6.45) is 1.03. The molecule has 0 bridgehead atoms. The van der Waals surface area contributed by atoms with E-state index in [1.165, 1.54) is 0 Å². The van der Waals surface area contributed by atoms with Crippen LogP contribution in [0, 0.1) is 19.7 Å². The van der Waals surface area contributed by atoms with Gasteiger partial charge in [-0.2, -0.15) is 0 Å². The minimum absolute atomic E-state index is 0.0563. The Balaban J connectivity index is 2.40. The van der Waals surface area contributed by atoms with E-state index < -0.39 is 0 Å². The molecule has 1 N–H and O–H groups in total. The molecular formula is C16H19BrFNO. The molecule has 0 aliphatic rings. The van der Waals surface area contributed by atoms with E-state index in [1.807, 2.05) is 24.3 Å². The van der Waals surface area contributed by atoms with Crippen LogP contribution < -0.4 is 5.32 Å². The first-order chi connectivity index (χ1) is 9.52. The van der Waals surface area contributed by atoms with Crippen molar-refractivity contribution < 1.29 is 8.81 Å². The van der Waals surface area contributed by atoms with Gasteiger partial charge in [0.05, 0.1) is 6.04 Å². The second-order valence-electron chi connectivity index (χ2n) is 5.00. The maximum Gasteiger partial charge on any atom is 0.169 e. The highest BCUT2D eigenvalue weighted by Crippen LogP contribution is 2.28. The van der Waals surface area contributed by atoms with Crippen molar-refractivity contribution in [3.05, 3.63) is 57.2 Å². The predicted octanol–water partition coefficient (Wildman–Crippen LogP) is 4.89. The Hall–Kier alpha value is -1.13. The highest BCUT2D eigenvalue weighted by atomic mass is 79.9. The van der Waals surface area contributed by atoms with Gasteiger partial charge in [-0.15, -0.1) is 0 Å². The van der Waals surface area contributed by atoms with E-state index in [-0.39, 0.29) is 11.9 Å². The average Bonchev–Trinajstić information content (AvgIpc) is 2.83. The second kappa shape index (κ2) is 6.55. The number of furan rings is 1. The van der Waals surface area contributed by atoms with Crippen molar-refractivity contribution in [2.75, 3.05) is 6.54 Å². The van der Waals surface area contributed by atoms with Crippen molar-refractivity contribution in [3.8, 4) is 0 Å². The Morgan fingerprint density at radius 1 is 1.25 bits per heavy atom. The zero-order valence-electron chi connectivity index (χ0n) is 12.0. The highest BCUT2D eigenvalue weighted by Gasteiger charge is 2.19. The fourth-order valence-electron chi connectivity index (χ4n) is 2.30. The molecule has 1 atom stereocenters. The van der Waals surface area contributed by atoms with Crippen LogP contribution in [-0.4, -0.2) is 6.54 Å². The van der Waals surface area contributed by atoms with E-state index in [0.29, 0.717) is 15.8 Å². The smallest absolute Gasteiger partial charge is 0.169 e. The molecule has 2 rings (SSSR count). The highest BCUT2D eigenvalue weighted by molar-refractivity contribution is 9.10. The molecule has 1 unspecified atom stereocenters. The number of aryl methyl sites for hydroxylation is 2. The van der Waals surface area contributed by atoms with E-state index in [1.54, 1.807) is 13.8 Å². The molecule has 20 heavy (non-hydrogen) atoms. The molecule has 1 aromatic carbocycles. The third-order valence-corrected chi connectivity index (χ3v) is 3.70. The molecule has 0 spiro atoms. The summed E-state index contributed by atoms with van der Waals surface area (Å²) in [5.41, 5.74) is 2.35. The van der Waals surface area contributed by atoms with Crippen molar-refractivity contribution in [3.63, 3.8) is 0 Å². The fourth-order valence-corrected chi connectivity index (χ4v) is 2.62. The number of hydrogen-bond donors (Lipinski definition) is 1. The topological polar surface area (TPSA) is 25.2 Å². The van der Waals surface area contributed by atoms with Gasteiger partial charge in [0.25, 0.3) is 0 Å². The molecule has 0 saturated heterocycles. The van der Waals surface area contributed by atoms with Gasteiger partial charge in [0.2, 0.25) is 0 Å². The van der Waals surface area contributed by atoms with Gasteiger partial charge in [-0.3, -0.25) is 0 Å². The maximum absolute atomic E-state index is 13.8. The quantitative estimate of drug-likeness (QED) is 0.839. The predicted molar refractivity (Wildman–Crippen MR) is 82.4 cm³/mol. The van der Waals surface area contributed by atoms with Crippen LogP contribution in [0.4, 0.5) is 4.39 Å².